The van der Waals surface area contributed by atoms with E-state index in [9.17, 15) is 5.11 Å². The van der Waals surface area contributed by atoms with Gasteiger partial charge in [-0.05, 0) is 19.1 Å². The number of rotatable bonds is 2. The van der Waals surface area contributed by atoms with Gasteiger partial charge in [-0.2, -0.15) is 0 Å². The Morgan fingerprint density at radius 1 is 1.24 bits per heavy atom. The summed E-state index contributed by atoms with van der Waals surface area (Å²) in [5, 5.41) is 18.2. The molecule has 0 radical (unpaired) electrons. The van der Waals surface area contributed by atoms with Crippen molar-refractivity contribution in [2.75, 3.05) is 0 Å². The number of benzene rings is 1. The van der Waals surface area contributed by atoms with Gasteiger partial charge in [-0.15, -0.1) is 5.10 Å². The van der Waals surface area contributed by atoms with Crippen molar-refractivity contribution in [3.63, 3.8) is 0 Å². The molecule has 0 aliphatic rings. The number of hydrogen-bond acceptors (Lipinski definition) is 3. The van der Waals surface area contributed by atoms with Gasteiger partial charge >= 0.3 is 0 Å². The van der Waals surface area contributed by atoms with Gasteiger partial charge in [0.15, 0.2) is 0 Å². The van der Waals surface area contributed by atoms with E-state index in [1.807, 2.05) is 0 Å². The first kappa shape index (κ1) is 12.6. The third-order valence-electron chi connectivity index (χ3n) is 2.15. The van der Waals surface area contributed by atoms with Crippen LogP contribution in [0.25, 0.3) is 5.69 Å². The minimum atomic E-state index is -0.700. The second-order valence-corrected chi connectivity index (χ2v) is 4.73. The molecular weight excluding hydrogens is 284 g/mol. The third kappa shape index (κ3) is 2.55. The monoisotopic (exact) mass is 291 g/mol. The first-order chi connectivity index (χ1) is 7.99. The number of aliphatic hydroxyl groups is 1. The smallest absolute Gasteiger partial charge is 0.111 e. The van der Waals surface area contributed by atoms with Crippen LogP contribution in [0.3, 0.4) is 0 Å². The first-order valence-corrected chi connectivity index (χ1v) is 5.87. The summed E-state index contributed by atoms with van der Waals surface area (Å²) in [5.74, 6) is 0. The Morgan fingerprint density at radius 3 is 2.29 bits per heavy atom. The Morgan fingerprint density at radius 2 is 1.82 bits per heavy atom. The molecule has 4 nitrogen and oxygen atoms in total. The Balaban J connectivity index is 2.52. The lowest BCUT2D eigenvalue weighted by molar-refractivity contribution is 0.194. The van der Waals surface area contributed by atoms with E-state index < -0.39 is 6.10 Å². The molecule has 1 aromatic carbocycles. The van der Waals surface area contributed by atoms with Crippen molar-refractivity contribution in [3.8, 4) is 5.69 Å². The van der Waals surface area contributed by atoms with E-state index in [1.165, 1.54) is 4.68 Å². The van der Waals surface area contributed by atoms with Gasteiger partial charge in [0, 0.05) is 5.02 Å². The van der Waals surface area contributed by atoms with Crippen molar-refractivity contribution in [1.82, 2.24) is 15.0 Å². The van der Waals surface area contributed by atoms with Crippen LogP contribution < -0.4 is 0 Å². The standard InChI is InChI=1S/C10H8Cl3N3O/c1-5(17)9-4-16(15-14-9)10-7(12)2-6(11)3-8(10)13/h2-5,17H,1H3. The SMILES string of the molecule is CC(O)c1cn(-c2c(Cl)cc(Cl)cc2Cl)nn1. The molecule has 1 unspecified atom stereocenters. The maximum absolute atomic E-state index is 9.36. The van der Waals surface area contributed by atoms with E-state index in [-0.39, 0.29) is 0 Å². The van der Waals surface area contributed by atoms with Gasteiger partial charge in [0.05, 0.1) is 22.3 Å². The zero-order valence-electron chi connectivity index (χ0n) is 8.73. The highest BCUT2D eigenvalue weighted by atomic mass is 35.5. The van der Waals surface area contributed by atoms with Gasteiger partial charge in [-0.1, -0.05) is 40.0 Å². The summed E-state index contributed by atoms with van der Waals surface area (Å²) in [7, 11) is 0. The lowest BCUT2D eigenvalue weighted by Crippen LogP contribution is -1.97. The average molecular weight is 293 g/mol. The van der Waals surface area contributed by atoms with Gasteiger partial charge in [0.1, 0.15) is 11.4 Å². The van der Waals surface area contributed by atoms with E-state index in [0.29, 0.717) is 26.4 Å². The number of nitrogens with zero attached hydrogens (tertiary/aromatic N) is 3. The van der Waals surface area contributed by atoms with E-state index >= 15 is 0 Å². The largest absolute Gasteiger partial charge is 0.387 e. The number of hydrogen-bond donors (Lipinski definition) is 1. The molecule has 1 heterocycles. The first-order valence-electron chi connectivity index (χ1n) is 4.74. The molecule has 1 atom stereocenters. The zero-order valence-corrected chi connectivity index (χ0v) is 11.0. The van der Waals surface area contributed by atoms with Crippen LogP contribution in [0.4, 0.5) is 0 Å². The van der Waals surface area contributed by atoms with Crippen LogP contribution in [0.1, 0.15) is 18.7 Å². The lowest BCUT2D eigenvalue weighted by Gasteiger charge is -2.06. The Kier molecular flexibility index (Phi) is 3.58. The highest BCUT2D eigenvalue weighted by molar-refractivity contribution is 6.40. The molecule has 0 amide bonds. The zero-order chi connectivity index (χ0) is 12.6. The van der Waals surface area contributed by atoms with Gasteiger partial charge in [-0.3, -0.25) is 0 Å². The van der Waals surface area contributed by atoms with Crippen molar-refractivity contribution >= 4 is 34.8 Å². The summed E-state index contributed by atoms with van der Waals surface area (Å²) in [6.07, 6.45) is 0.861. The maximum Gasteiger partial charge on any atom is 0.111 e. The van der Waals surface area contributed by atoms with Gasteiger partial charge in [0.2, 0.25) is 0 Å². The summed E-state index contributed by atoms with van der Waals surface area (Å²) in [6, 6.07) is 3.13. The fraction of sp³-hybridized carbons (Fsp3) is 0.200. The molecule has 0 bridgehead atoms. The molecule has 1 aromatic heterocycles. The van der Waals surface area contributed by atoms with E-state index in [0.717, 1.165) is 0 Å². The Labute approximate surface area is 113 Å². The van der Waals surface area contributed by atoms with Crippen molar-refractivity contribution < 1.29 is 5.11 Å². The van der Waals surface area contributed by atoms with Gasteiger partial charge in [-0.25, -0.2) is 4.68 Å². The highest BCUT2D eigenvalue weighted by Gasteiger charge is 2.13. The number of halogens is 3. The number of aromatic nitrogens is 3. The van der Waals surface area contributed by atoms with E-state index in [1.54, 1.807) is 25.3 Å². The second kappa shape index (κ2) is 4.82. The van der Waals surface area contributed by atoms with Crippen molar-refractivity contribution in [3.05, 3.63) is 39.1 Å². The number of aliphatic hydroxyl groups excluding tert-OH is 1. The summed E-state index contributed by atoms with van der Waals surface area (Å²) < 4.78 is 1.41. The summed E-state index contributed by atoms with van der Waals surface area (Å²) >= 11 is 17.9. The predicted octanol–water partition coefficient (Wildman–Crippen LogP) is 3.28. The molecule has 1 N–H and O–H groups in total. The normalized spacial score (nSPS) is 12.8. The highest BCUT2D eigenvalue weighted by Crippen LogP contribution is 2.31. The van der Waals surface area contributed by atoms with Crippen LogP contribution in [0, 0.1) is 0 Å². The molecule has 17 heavy (non-hydrogen) atoms. The van der Waals surface area contributed by atoms with E-state index in [2.05, 4.69) is 10.3 Å². The minimum Gasteiger partial charge on any atom is -0.387 e. The minimum absolute atomic E-state index is 0.365. The summed E-state index contributed by atoms with van der Waals surface area (Å²) in [4.78, 5) is 0. The third-order valence-corrected chi connectivity index (χ3v) is 2.94. The molecule has 0 aliphatic heterocycles. The van der Waals surface area contributed by atoms with Crippen LogP contribution in [-0.4, -0.2) is 20.1 Å². The van der Waals surface area contributed by atoms with Gasteiger partial charge in [0.25, 0.3) is 0 Å². The molecule has 0 fully saturated rings. The molecule has 0 aliphatic carbocycles. The Hall–Kier alpha value is -0.810. The van der Waals surface area contributed by atoms with Crippen molar-refractivity contribution in [1.29, 1.82) is 0 Å². The van der Waals surface area contributed by atoms with Crippen LogP contribution >= 0.6 is 34.8 Å². The van der Waals surface area contributed by atoms with Crippen LogP contribution in [0.15, 0.2) is 18.3 Å². The van der Waals surface area contributed by atoms with Crippen molar-refractivity contribution in [2.24, 2.45) is 0 Å². The molecule has 7 heteroatoms. The molecule has 2 rings (SSSR count). The van der Waals surface area contributed by atoms with Gasteiger partial charge < -0.3 is 5.11 Å². The Bertz CT molecular complexity index is 530. The van der Waals surface area contributed by atoms with Crippen LogP contribution in [-0.2, 0) is 0 Å². The topological polar surface area (TPSA) is 50.9 Å². The molecule has 2 aromatic rings. The molecular formula is C10H8Cl3N3O. The maximum atomic E-state index is 9.36. The molecule has 90 valence electrons. The molecule has 0 spiro atoms. The fourth-order valence-corrected chi connectivity index (χ4v) is 2.32. The molecule has 0 saturated carbocycles. The summed E-state index contributed by atoms with van der Waals surface area (Å²) in [6.45, 7) is 1.60. The molecule has 0 saturated heterocycles. The van der Waals surface area contributed by atoms with Crippen LogP contribution in [0.2, 0.25) is 15.1 Å². The average Bonchev–Trinajstić information content (AvgIpc) is 2.65. The van der Waals surface area contributed by atoms with Crippen LogP contribution in [0.5, 0.6) is 0 Å². The fourth-order valence-electron chi connectivity index (χ4n) is 1.33. The van der Waals surface area contributed by atoms with Crippen molar-refractivity contribution in [2.45, 2.75) is 13.0 Å². The summed E-state index contributed by atoms with van der Waals surface area (Å²) in [5.41, 5.74) is 0.921. The lowest BCUT2D eigenvalue weighted by atomic mass is 10.3. The van der Waals surface area contributed by atoms with E-state index in [4.69, 9.17) is 34.8 Å². The predicted molar refractivity (Wildman–Crippen MR) is 67.0 cm³/mol. The quantitative estimate of drug-likeness (QED) is 0.924. The second-order valence-electron chi connectivity index (χ2n) is 3.48.